The Bertz CT molecular complexity index is 527. The van der Waals surface area contributed by atoms with E-state index >= 15 is 0 Å². The number of nitrogens with two attached hydrogens (primary N) is 1. The summed E-state index contributed by atoms with van der Waals surface area (Å²) in [5, 5.41) is 0.418. The maximum absolute atomic E-state index is 12.2. The van der Waals surface area contributed by atoms with Crippen LogP contribution in [-0.4, -0.2) is 26.5 Å². The Hall–Kier alpha value is 0.240. The van der Waals surface area contributed by atoms with Crippen molar-refractivity contribution in [1.82, 2.24) is 4.72 Å². The van der Waals surface area contributed by atoms with Crippen LogP contribution in [0.1, 0.15) is 13.3 Å². The third kappa shape index (κ3) is 4.93. The SMILES string of the molecule is CSC(C)CCNS(=O)(=O)c1c(Br)cc(N)cc1Br. The fourth-order valence-electron chi connectivity index (χ4n) is 1.42. The van der Waals surface area contributed by atoms with Crippen LogP contribution in [0.15, 0.2) is 26.0 Å². The summed E-state index contributed by atoms with van der Waals surface area (Å²) in [6, 6.07) is 3.15. The Morgan fingerprint density at radius 2 is 1.89 bits per heavy atom. The number of halogens is 2. The van der Waals surface area contributed by atoms with Crippen molar-refractivity contribution in [2.75, 3.05) is 18.5 Å². The number of thioether (sulfide) groups is 1. The van der Waals surface area contributed by atoms with Crippen molar-refractivity contribution < 1.29 is 8.42 Å². The molecule has 108 valence electrons. The minimum atomic E-state index is -3.55. The Labute approximate surface area is 135 Å². The molecule has 0 spiro atoms. The summed E-state index contributed by atoms with van der Waals surface area (Å²) < 4.78 is 28.0. The first kappa shape index (κ1) is 17.3. The highest BCUT2D eigenvalue weighted by molar-refractivity contribution is 9.11. The average Bonchev–Trinajstić information content (AvgIpc) is 2.26. The van der Waals surface area contributed by atoms with Gasteiger partial charge in [0.2, 0.25) is 10.0 Å². The number of hydrogen-bond donors (Lipinski definition) is 2. The van der Waals surface area contributed by atoms with Crippen LogP contribution >= 0.6 is 43.6 Å². The zero-order chi connectivity index (χ0) is 14.6. The van der Waals surface area contributed by atoms with E-state index in [1.165, 1.54) is 0 Å². The summed E-state index contributed by atoms with van der Waals surface area (Å²) in [5.41, 5.74) is 6.15. The minimum Gasteiger partial charge on any atom is -0.399 e. The molecular formula is C11H16Br2N2O2S2. The topological polar surface area (TPSA) is 72.2 Å². The molecule has 1 rings (SSSR count). The van der Waals surface area contributed by atoms with Gasteiger partial charge in [-0.05, 0) is 56.7 Å². The van der Waals surface area contributed by atoms with Crippen molar-refractivity contribution in [2.24, 2.45) is 0 Å². The number of nitrogens with one attached hydrogen (secondary N) is 1. The zero-order valence-corrected chi connectivity index (χ0v) is 15.4. The van der Waals surface area contributed by atoms with Crippen LogP contribution in [0.3, 0.4) is 0 Å². The number of rotatable bonds is 6. The molecule has 0 aromatic heterocycles. The molecule has 0 bridgehead atoms. The lowest BCUT2D eigenvalue weighted by atomic mass is 10.3. The van der Waals surface area contributed by atoms with E-state index in [1.807, 2.05) is 6.26 Å². The lowest BCUT2D eigenvalue weighted by molar-refractivity contribution is 0.578. The lowest BCUT2D eigenvalue weighted by Crippen LogP contribution is -2.27. The van der Waals surface area contributed by atoms with Gasteiger partial charge in [0.1, 0.15) is 4.90 Å². The zero-order valence-electron chi connectivity index (χ0n) is 10.6. The number of benzene rings is 1. The van der Waals surface area contributed by atoms with Crippen LogP contribution in [-0.2, 0) is 10.0 Å². The van der Waals surface area contributed by atoms with Crippen LogP contribution < -0.4 is 10.5 Å². The Morgan fingerprint density at radius 1 is 1.37 bits per heavy atom. The van der Waals surface area contributed by atoms with Crippen LogP contribution in [0.4, 0.5) is 5.69 Å². The Balaban J connectivity index is 2.89. The number of anilines is 1. The summed E-state index contributed by atoms with van der Waals surface area (Å²) in [7, 11) is -3.55. The molecule has 0 aliphatic rings. The van der Waals surface area contributed by atoms with Gasteiger partial charge in [0, 0.05) is 26.4 Å². The summed E-state index contributed by atoms with van der Waals surface area (Å²) >= 11 is 8.18. The van der Waals surface area contributed by atoms with Crippen molar-refractivity contribution in [2.45, 2.75) is 23.5 Å². The van der Waals surface area contributed by atoms with Gasteiger partial charge in [-0.25, -0.2) is 13.1 Å². The van der Waals surface area contributed by atoms with Gasteiger partial charge in [0.05, 0.1) is 0 Å². The number of hydrogen-bond acceptors (Lipinski definition) is 4. The molecule has 1 aromatic rings. The Morgan fingerprint density at radius 3 is 2.37 bits per heavy atom. The summed E-state index contributed by atoms with van der Waals surface area (Å²) in [6.07, 6.45) is 2.79. The molecular weight excluding hydrogens is 416 g/mol. The second kappa shape index (κ2) is 7.31. The van der Waals surface area contributed by atoms with E-state index in [1.54, 1.807) is 23.9 Å². The van der Waals surface area contributed by atoms with Crippen LogP contribution in [0.5, 0.6) is 0 Å². The van der Waals surface area contributed by atoms with E-state index in [2.05, 4.69) is 43.5 Å². The lowest BCUT2D eigenvalue weighted by Gasteiger charge is -2.12. The molecule has 3 N–H and O–H groups in total. The second-order valence-corrected chi connectivity index (χ2v) is 8.74. The maximum atomic E-state index is 12.2. The summed E-state index contributed by atoms with van der Waals surface area (Å²) in [4.78, 5) is 0.179. The third-order valence-electron chi connectivity index (χ3n) is 2.53. The van der Waals surface area contributed by atoms with Gasteiger partial charge < -0.3 is 5.73 Å². The van der Waals surface area contributed by atoms with Crippen molar-refractivity contribution in [1.29, 1.82) is 0 Å². The highest BCUT2D eigenvalue weighted by atomic mass is 79.9. The van der Waals surface area contributed by atoms with Crippen LogP contribution in [0.2, 0.25) is 0 Å². The highest BCUT2D eigenvalue weighted by Crippen LogP contribution is 2.32. The molecule has 8 heteroatoms. The van der Waals surface area contributed by atoms with Gasteiger partial charge in [-0.3, -0.25) is 0 Å². The van der Waals surface area contributed by atoms with Crippen LogP contribution in [0.25, 0.3) is 0 Å². The first-order chi connectivity index (χ1) is 8.77. The molecule has 0 fully saturated rings. The van der Waals surface area contributed by atoms with Crippen LogP contribution in [0, 0.1) is 0 Å². The fourth-order valence-corrected chi connectivity index (χ4v) is 5.44. The van der Waals surface area contributed by atoms with Crippen molar-refractivity contribution in [3.05, 3.63) is 21.1 Å². The molecule has 19 heavy (non-hydrogen) atoms. The number of nitrogen functional groups attached to an aromatic ring is 1. The normalized spacial score (nSPS) is 13.5. The van der Waals surface area contributed by atoms with E-state index in [0.29, 0.717) is 26.4 Å². The second-order valence-electron chi connectivity index (χ2n) is 4.05. The first-order valence-corrected chi connectivity index (χ1v) is 9.90. The van der Waals surface area contributed by atoms with Crippen molar-refractivity contribution in [3.8, 4) is 0 Å². The molecule has 1 unspecified atom stereocenters. The highest BCUT2D eigenvalue weighted by Gasteiger charge is 2.21. The largest absolute Gasteiger partial charge is 0.399 e. The minimum absolute atomic E-state index is 0.179. The summed E-state index contributed by atoms with van der Waals surface area (Å²) in [5.74, 6) is 0. The Kier molecular flexibility index (Phi) is 6.65. The monoisotopic (exact) mass is 430 g/mol. The van der Waals surface area contributed by atoms with Crippen molar-refractivity contribution in [3.63, 3.8) is 0 Å². The van der Waals surface area contributed by atoms with E-state index in [4.69, 9.17) is 5.73 Å². The molecule has 0 aliphatic heterocycles. The van der Waals surface area contributed by atoms with Crippen molar-refractivity contribution >= 4 is 59.3 Å². The van der Waals surface area contributed by atoms with Gasteiger partial charge in [-0.15, -0.1) is 0 Å². The molecule has 4 nitrogen and oxygen atoms in total. The van der Waals surface area contributed by atoms with E-state index < -0.39 is 10.0 Å². The molecule has 0 saturated heterocycles. The van der Waals surface area contributed by atoms with Gasteiger partial charge in [0.15, 0.2) is 0 Å². The van der Waals surface area contributed by atoms with E-state index in [9.17, 15) is 8.42 Å². The molecule has 0 amide bonds. The predicted octanol–water partition coefficient (Wildman–Crippen LogP) is 3.21. The number of sulfonamides is 1. The van der Waals surface area contributed by atoms with Gasteiger partial charge >= 0.3 is 0 Å². The molecule has 0 radical (unpaired) electrons. The fraction of sp³-hybridized carbons (Fsp3) is 0.455. The molecule has 0 saturated carbocycles. The predicted molar refractivity (Wildman–Crippen MR) is 89.0 cm³/mol. The molecule has 0 heterocycles. The van der Waals surface area contributed by atoms with Gasteiger partial charge in [-0.2, -0.15) is 11.8 Å². The van der Waals surface area contributed by atoms with E-state index in [-0.39, 0.29) is 4.90 Å². The molecule has 1 aromatic carbocycles. The smallest absolute Gasteiger partial charge is 0.242 e. The van der Waals surface area contributed by atoms with Gasteiger partial charge in [0.25, 0.3) is 0 Å². The first-order valence-electron chi connectivity index (χ1n) is 5.55. The molecule has 1 atom stereocenters. The maximum Gasteiger partial charge on any atom is 0.242 e. The molecule has 0 aliphatic carbocycles. The summed E-state index contributed by atoms with van der Waals surface area (Å²) in [6.45, 7) is 2.47. The van der Waals surface area contributed by atoms with Gasteiger partial charge in [-0.1, -0.05) is 6.92 Å². The standard InChI is InChI=1S/C11H16Br2N2O2S2/c1-7(18-2)3-4-15-19(16,17)11-9(12)5-8(14)6-10(11)13/h5-7,15H,3-4,14H2,1-2H3. The van der Waals surface area contributed by atoms with E-state index in [0.717, 1.165) is 6.42 Å². The third-order valence-corrected chi connectivity index (χ3v) is 6.91. The average molecular weight is 432 g/mol. The quantitative estimate of drug-likeness (QED) is 0.678.